The Balaban J connectivity index is 1.66. The van der Waals surface area contributed by atoms with Crippen LogP contribution in [-0.2, 0) is 25.7 Å². The Morgan fingerprint density at radius 1 is 1.28 bits per heavy atom. The summed E-state index contributed by atoms with van der Waals surface area (Å²) in [6.07, 6.45) is 4.79. The second-order valence-corrected chi connectivity index (χ2v) is 7.14. The highest BCUT2D eigenvalue weighted by Crippen LogP contribution is 2.36. The van der Waals surface area contributed by atoms with Gasteiger partial charge in [0.2, 0.25) is 11.8 Å². The summed E-state index contributed by atoms with van der Waals surface area (Å²) in [4.78, 5) is 38.2. The molecule has 0 bridgehead atoms. The van der Waals surface area contributed by atoms with Crippen molar-refractivity contribution in [3.8, 4) is 0 Å². The number of hydrogen-bond donors (Lipinski definition) is 0. The average molecular weight is 410 g/mol. The third-order valence-electron chi connectivity index (χ3n) is 4.66. The first-order valence-corrected chi connectivity index (χ1v) is 8.82. The number of hydrogen-bond acceptors (Lipinski definition) is 4. The van der Waals surface area contributed by atoms with Crippen LogP contribution in [0.1, 0.15) is 25.3 Å². The standard InChI is InChI=1S/C18H17BrFNO4/c1-10(18(24)25-9-11-6-7-12(19)8-15(11)20)21-16(22)13-4-2-3-5-14(13)17(21)23/h2-3,6-8,10,13-14H,4-5,9H2,1H3/t10-,13+,14+/m0/s1. The highest BCUT2D eigenvalue weighted by Gasteiger charge is 2.50. The van der Waals surface area contributed by atoms with E-state index >= 15 is 0 Å². The van der Waals surface area contributed by atoms with Gasteiger partial charge >= 0.3 is 5.97 Å². The number of esters is 1. The average Bonchev–Trinajstić information content (AvgIpc) is 2.85. The Labute approximate surface area is 153 Å². The number of halogens is 2. The van der Waals surface area contributed by atoms with Crippen LogP contribution in [0.15, 0.2) is 34.8 Å². The molecule has 1 aromatic carbocycles. The number of amides is 2. The third kappa shape index (κ3) is 3.38. The smallest absolute Gasteiger partial charge is 0.329 e. The summed E-state index contributed by atoms with van der Waals surface area (Å²) in [7, 11) is 0. The highest BCUT2D eigenvalue weighted by molar-refractivity contribution is 9.10. The largest absolute Gasteiger partial charge is 0.459 e. The molecule has 0 spiro atoms. The van der Waals surface area contributed by atoms with Crippen molar-refractivity contribution in [2.75, 3.05) is 0 Å². The molecule has 0 unspecified atom stereocenters. The van der Waals surface area contributed by atoms with E-state index in [-0.39, 0.29) is 24.0 Å². The van der Waals surface area contributed by atoms with Gasteiger partial charge in [-0.15, -0.1) is 0 Å². The van der Waals surface area contributed by atoms with Gasteiger partial charge in [0.25, 0.3) is 0 Å². The van der Waals surface area contributed by atoms with E-state index in [0.29, 0.717) is 17.3 Å². The van der Waals surface area contributed by atoms with E-state index < -0.39 is 29.7 Å². The van der Waals surface area contributed by atoms with Crippen molar-refractivity contribution in [2.45, 2.75) is 32.4 Å². The number of benzene rings is 1. The Hall–Kier alpha value is -2.02. The zero-order valence-corrected chi connectivity index (χ0v) is 15.2. The van der Waals surface area contributed by atoms with Crippen LogP contribution in [0.5, 0.6) is 0 Å². The lowest BCUT2D eigenvalue weighted by Gasteiger charge is -2.21. The number of rotatable bonds is 4. The van der Waals surface area contributed by atoms with Crippen LogP contribution >= 0.6 is 15.9 Å². The van der Waals surface area contributed by atoms with E-state index in [1.54, 1.807) is 6.07 Å². The van der Waals surface area contributed by atoms with Crippen molar-refractivity contribution in [2.24, 2.45) is 11.8 Å². The summed E-state index contributed by atoms with van der Waals surface area (Å²) in [5.74, 6) is -2.68. The van der Waals surface area contributed by atoms with Gasteiger partial charge in [-0.2, -0.15) is 0 Å². The molecule has 1 fully saturated rings. The molecule has 0 saturated carbocycles. The van der Waals surface area contributed by atoms with Crippen molar-refractivity contribution >= 4 is 33.7 Å². The first kappa shape index (κ1) is 17.8. The Morgan fingerprint density at radius 2 is 1.88 bits per heavy atom. The fourth-order valence-corrected chi connectivity index (χ4v) is 3.55. The van der Waals surface area contributed by atoms with E-state index in [0.717, 1.165) is 4.90 Å². The summed E-state index contributed by atoms with van der Waals surface area (Å²) >= 11 is 3.15. The van der Waals surface area contributed by atoms with Crippen LogP contribution in [-0.4, -0.2) is 28.7 Å². The first-order chi connectivity index (χ1) is 11.9. The molecule has 2 aliphatic rings. The Morgan fingerprint density at radius 3 is 2.44 bits per heavy atom. The van der Waals surface area contributed by atoms with Gasteiger partial charge in [0.05, 0.1) is 11.8 Å². The molecule has 3 atom stereocenters. The second-order valence-electron chi connectivity index (χ2n) is 6.22. The van der Waals surface area contributed by atoms with Crippen molar-refractivity contribution in [1.82, 2.24) is 4.90 Å². The highest BCUT2D eigenvalue weighted by atomic mass is 79.9. The lowest BCUT2D eigenvalue weighted by Crippen LogP contribution is -2.44. The molecule has 0 N–H and O–H groups in total. The quantitative estimate of drug-likeness (QED) is 0.435. The predicted molar refractivity (Wildman–Crippen MR) is 90.6 cm³/mol. The zero-order chi connectivity index (χ0) is 18.1. The van der Waals surface area contributed by atoms with Crippen LogP contribution in [0.2, 0.25) is 0 Å². The number of ether oxygens (including phenoxy) is 1. The lowest BCUT2D eigenvalue weighted by atomic mass is 9.85. The van der Waals surface area contributed by atoms with Crippen LogP contribution in [0, 0.1) is 17.7 Å². The van der Waals surface area contributed by atoms with E-state index in [9.17, 15) is 18.8 Å². The number of fused-ring (bicyclic) bond motifs is 1. The van der Waals surface area contributed by atoms with Gasteiger partial charge in [-0.05, 0) is 31.9 Å². The van der Waals surface area contributed by atoms with Crippen LogP contribution in [0.25, 0.3) is 0 Å². The fraction of sp³-hybridized carbons (Fsp3) is 0.389. The number of imide groups is 1. The molecule has 0 aromatic heterocycles. The van der Waals surface area contributed by atoms with E-state index in [1.807, 2.05) is 12.2 Å². The van der Waals surface area contributed by atoms with E-state index in [2.05, 4.69) is 15.9 Å². The molecule has 3 rings (SSSR count). The SMILES string of the molecule is C[C@@H](C(=O)OCc1ccc(Br)cc1F)N1C(=O)[C@@H]2CC=CC[C@H]2C1=O. The molecular formula is C18H17BrFNO4. The lowest BCUT2D eigenvalue weighted by molar-refractivity contribution is -0.159. The molecule has 132 valence electrons. The molecule has 7 heteroatoms. The first-order valence-electron chi connectivity index (χ1n) is 8.02. The van der Waals surface area contributed by atoms with Crippen molar-refractivity contribution in [3.05, 3.63) is 46.2 Å². The topological polar surface area (TPSA) is 63.7 Å². The molecule has 1 aliphatic carbocycles. The summed E-state index contributed by atoms with van der Waals surface area (Å²) in [5.41, 5.74) is 0.223. The van der Waals surface area contributed by atoms with Gasteiger partial charge in [0, 0.05) is 10.0 Å². The molecular weight excluding hydrogens is 393 g/mol. The molecule has 1 saturated heterocycles. The van der Waals surface area contributed by atoms with E-state index in [4.69, 9.17) is 4.74 Å². The molecule has 2 amide bonds. The third-order valence-corrected chi connectivity index (χ3v) is 5.15. The monoisotopic (exact) mass is 409 g/mol. The summed E-state index contributed by atoms with van der Waals surface area (Å²) in [6, 6.07) is 3.40. The van der Waals surface area contributed by atoms with Gasteiger partial charge in [-0.25, -0.2) is 9.18 Å². The number of nitrogens with zero attached hydrogens (tertiary/aromatic N) is 1. The maximum absolute atomic E-state index is 13.8. The molecule has 25 heavy (non-hydrogen) atoms. The van der Waals surface area contributed by atoms with E-state index in [1.165, 1.54) is 19.1 Å². The Kier molecular flexibility index (Phi) is 5.03. The minimum absolute atomic E-state index is 0.223. The molecule has 0 radical (unpaired) electrons. The minimum atomic E-state index is -1.02. The normalized spacial score (nSPS) is 23.6. The molecule has 1 aromatic rings. The van der Waals surface area contributed by atoms with Gasteiger partial charge in [-0.3, -0.25) is 14.5 Å². The zero-order valence-electron chi connectivity index (χ0n) is 13.6. The van der Waals surface area contributed by atoms with Gasteiger partial charge < -0.3 is 4.74 Å². The van der Waals surface area contributed by atoms with Gasteiger partial charge in [0.15, 0.2) is 0 Å². The number of allylic oxidation sites excluding steroid dienone is 2. The number of likely N-dealkylation sites (tertiary alicyclic amines) is 1. The van der Waals surface area contributed by atoms with Gasteiger partial charge in [0.1, 0.15) is 18.5 Å². The van der Waals surface area contributed by atoms with Crippen molar-refractivity contribution < 1.29 is 23.5 Å². The molecule has 1 heterocycles. The predicted octanol–water partition coefficient (Wildman–Crippen LogP) is 2.97. The van der Waals surface area contributed by atoms with Crippen molar-refractivity contribution in [1.29, 1.82) is 0 Å². The van der Waals surface area contributed by atoms with Crippen LogP contribution in [0.4, 0.5) is 4.39 Å². The summed E-state index contributed by atoms with van der Waals surface area (Å²) in [5, 5.41) is 0. The minimum Gasteiger partial charge on any atom is -0.459 e. The maximum Gasteiger partial charge on any atom is 0.329 e. The van der Waals surface area contributed by atoms with Crippen molar-refractivity contribution in [3.63, 3.8) is 0 Å². The fourth-order valence-electron chi connectivity index (χ4n) is 3.22. The van der Waals surface area contributed by atoms with Crippen LogP contribution < -0.4 is 0 Å². The molecule has 5 nitrogen and oxygen atoms in total. The number of carbonyl (C=O) groups excluding carboxylic acids is 3. The molecule has 1 aliphatic heterocycles. The van der Waals surface area contributed by atoms with Crippen LogP contribution in [0.3, 0.4) is 0 Å². The summed E-state index contributed by atoms with van der Waals surface area (Å²) in [6.45, 7) is 1.20. The second kappa shape index (κ2) is 7.07. The number of carbonyl (C=O) groups is 3. The maximum atomic E-state index is 13.8. The Bertz CT molecular complexity index is 737. The summed E-state index contributed by atoms with van der Waals surface area (Å²) < 4.78 is 19.5. The van der Waals surface area contributed by atoms with Gasteiger partial charge in [-0.1, -0.05) is 34.1 Å².